The number of hydrogen-bond donors (Lipinski definition) is 3. The molecule has 0 aliphatic heterocycles. The molecule has 0 fully saturated rings. The zero-order valence-electron chi connectivity index (χ0n) is 9.25. The maximum Gasteiger partial charge on any atom is 0.362 e. The zero-order chi connectivity index (χ0) is 13.5. The van der Waals surface area contributed by atoms with Crippen LogP contribution in [0.4, 0.5) is 9.52 Å². The van der Waals surface area contributed by atoms with Gasteiger partial charge in [0.2, 0.25) is 0 Å². The number of aromatic nitrogens is 1. The van der Waals surface area contributed by atoms with Gasteiger partial charge in [0, 0.05) is 0 Å². The fourth-order valence-electron chi connectivity index (χ4n) is 1.42. The lowest BCUT2D eigenvalue weighted by Gasteiger charge is -2.09. The number of fused-ring (bicyclic) bond motifs is 1. The van der Waals surface area contributed by atoms with E-state index in [0.29, 0.717) is 5.56 Å². The van der Waals surface area contributed by atoms with E-state index in [2.05, 4.69) is 4.98 Å². The summed E-state index contributed by atoms with van der Waals surface area (Å²) in [6.07, 6.45) is -0.787. The molecule has 6 nitrogen and oxygen atoms in total. The van der Waals surface area contributed by atoms with Crippen molar-refractivity contribution < 1.29 is 23.5 Å². The molecule has 0 unspecified atom stereocenters. The third-order valence-electron chi connectivity index (χ3n) is 2.16. The number of ether oxygens (including phenoxy) is 1. The molecule has 2 rings (SSSR count). The highest BCUT2D eigenvalue weighted by Gasteiger charge is 2.19. The number of benzene rings is 1. The monoisotopic (exact) mass is 292 g/mol. The molecular weight excluding hydrogens is 282 g/mol. The van der Waals surface area contributed by atoms with Gasteiger partial charge in [0.1, 0.15) is 17.1 Å². The van der Waals surface area contributed by atoms with Crippen molar-refractivity contribution in [2.24, 2.45) is 0 Å². The Morgan fingerprint density at radius 3 is 2.89 bits per heavy atom. The fourth-order valence-corrected chi connectivity index (χ4v) is 2.57. The molecule has 0 radical (unpaired) electrons. The Labute approximate surface area is 105 Å². The normalized spacial score (nSPS) is 12.0. The lowest BCUT2D eigenvalue weighted by Crippen LogP contribution is -1.99. The Morgan fingerprint density at radius 2 is 2.28 bits per heavy atom. The molecule has 0 saturated carbocycles. The van der Waals surface area contributed by atoms with Gasteiger partial charge in [-0.3, -0.25) is 4.57 Å². The van der Waals surface area contributed by atoms with Crippen molar-refractivity contribution in [1.29, 1.82) is 0 Å². The van der Waals surface area contributed by atoms with Gasteiger partial charge >= 0.3 is 7.60 Å². The molecule has 0 saturated heterocycles. The van der Waals surface area contributed by atoms with Crippen LogP contribution in [0.5, 0.6) is 5.75 Å². The summed E-state index contributed by atoms with van der Waals surface area (Å²) in [5.74, 6) is -0.345. The lowest BCUT2D eigenvalue weighted by molar-refractivity contribution is 0.302. The summed E-state index contributed by atoms with van der Waals surface area (Å²) in [6, 6.07) is 1.34. The Bertz CT molecular complexity index is 654. The molecule has 98 valence electrons. The first-order chi connectivity index (χ1) is 8.28. The molecule has 0 amide bonds. The maximum absolute atomic E-state index is 13.8. The predicted molar refractivity (Wildman–Crippen MR) is 66.3 cm³/mol. The molecule has 18 heavy (non-hydrogen) atoms. The lowest BCUT2D eigenvalue weighted by atomic mass is 10.2. The van der Waals surface area contributed by atoms with Crippen molar-refractivity contribution in [2.75, 3.05) is 12.1 Å². The molecule has 0 spiro atoms. The molecule has 0 aliphatic rings. The average molecular weight is 292 g/mol. The highest BCUT2D eigenvalue weighted by atomic mass is 32.1. The van der Waals surface area contributed by atoms with Gasteiger partial charge in [0.25, 0.3) is 0 Å². The smallest absolute Gasteiger partial charge is 0.362 e. The van der Waals surface area contributed by atoms with Crippen LogP contribution in [0.3, 0.4) is 0 Å². The van der Waals surface area contributed by atoms with E-state index < -0.39 is 19.8 Å². The van der Waals surface area contributed by atoms with E-state index in [0.717, 1.165) is 11.3 Å². The van der Waals surface area contributed by atoms with Crippen LogP contribution < -0.4 is 10.5 Å². The third-order valence-corrected chi connectivity index (χ3v) is 3.50. The number of nitrogens with two attached hydrogens (primary N) is 1. The topological polar surface area (TPSA) is 106 Å². The predicted octanol–water partition coefficient (Wildman–Crippen LogP) is 1.84. The summed E-state index contributed by atoms with van der Waals surface area (Å²) in [6.45, 7) is 1.52. The SMILES string of the molecule is Cc1cc(OCP(=O)(O)O)c2nc(N)sc2c1F. The zero-order valence-corrected chi connectivity index (χ0v) is 11.0. The minimum absolute atomic E-state index is 0.111. The summed E-state index contributed by atoms with van der Waals surface area (Å²) in [5, 5.41) is 0.163. The molecular formula is C9H10FN2O4PS. The van der Waals surface area contributed by atoms with Crippen LogP contribution in [0.25, 0.3) is 10.2 Å². The second kappa shape index (κ2) is 4.47. The summed E-state index contributed by atoms with van der Waals surface area (Å²) in [7, 11) is -4.30. The second-order valence-corrected chi connectivity index (χ2v) is 6.29. The van der Waals surface area contributed by atoms with Crippen LogP contribution >= 0.6 is 18.9 Å². The van der Waals surface area contributed by atoms with E-state index in [-0.39, 0.29) is 21.1 Å². The summed E-state index contributed by atoms with van der Waals surface area (Å²) < 4.78 is 29.7. The van der Waals surface area contributed by atoms with Crippen molar-refractivity contribution in [3.05, 3.63) is 17.4 Å². The Morgan fingerprint density at radius 1 is 1.61 bits per heavy atom. The number of halogens is 1. The van der Waals surface area contributed by atoms with Crippen molar-refractivity contribution in [3.63, 3.8) is 0 Å². The van der Waals surface area contributed by atoms with Crippen LogP contribution in [0, 0.1) is 12.7 Å². The van der Waals surface area contributed by atoms with Crippen LogP contribution in [0.15, 0.2) is 6.07 Å². The second-order valence-electron chi connectivity index (χ2n) is 3.67. The molecule has 1 aromatic heterocycles. The quantitative estimate of drug-likeness (QED) is 0.745. The van der Waals surface area contributed by atoms with Crippen LogP contribution in [0.2, 0.25) is 0 Å². The van der Waals surface area contributed by atoms with E-state index in [1.807, 2.05) is 0 Å². The third kappa shape index (κ3) is 2.62. The summed E-state index contributed by atoms with van der Waals surface area (Å²) in [4.78, 5) is 21.4. The molecule has 4 N–H and O–H groups in total. The number of hydrogen-bond acceptors (Lipinski definition) is 5. The van der Waals surface area contributed by atoms with Gasteiger partial charge in [0.05, 0.1) is 4.70 Å². The van der Waals surface area contributed by atoms with E-state index in [1.165, 1.54) is 13.0 Å². The van der Waals surface area contributed by atoms with Crippen molar-refractivity contribution in [3.8, 4) is 5.75 Å². The Hall–Kier alpha value is -1.21. The largest absolute Gasteiger partial charge is 0.479 e. The first-order valence-corrected chi connectivity index (χ1v) is 7.42. The number of rotatable bonds is 3. The molecule has 0 aliphatic carbocycles. The van der Waals surface area contributed by atoms with Crippen LogP contribution in [-0.2, 0) is 4.57 Å². The Kier molecular flexibility index (Phi) is 3.29. The van der Waals surface area contributed by atoms with Gasteiger partial charge < -0.3 is 20.3 Å². The number of anilines is 1. The summed E-state index contributed by atoms with van der Waals surface area (Å²) in [5.41, 5.74) is 5.97. The standard InChI is InChI=1S/C9H10FN2O4PS/c1-4-2-5(16-3-17(13,14)15)7-8(6(4)10)18-9(11)12-7/h2H,3H2,1H3,(H2,11,12)(H2,13,14,15). The Balaban J connectivity index is 2.50. The highest BCUT2D eigenvalue weighted by molar-refractivity contribution is 7.51. The van der Waals surface area contributed by atoms with Gasteiger partial charge in [-0.25, -0.2) is 9.37 Å². The summed E-state index contributed by atoms with van der Waals surface area (Å²) >= 11 is 0.958. The molecule has 2 aromatic rings. The van der Waals surface area contributed by atoms with Gasteiger partial charge in [-0.05, 0) is 18.6 Å². The highest BCUT2D eigenvalue weighted by Crippen LogP contribution is 2.39. The number of nitrogens with zero attached hydrogens (tertiary/aromatic N) is 1. The van der Waals surface area contributed by atoms with Gasteiger partial charge in [-0.15, -0.1) is 0 Å². The molecule has 0 bridgehead atoms. The van der Waals surface area contributed by atoms with Crippen LogP contribution in [-0.4, -0.2) is 21.1 Å². The van der Waals surface area contributed by atoms with Crippen LogP contribution in [0.1, 0.15) is 5.56 Å². The first kappa shape index (κ1) is 13.2. The minimum atomic E-state index is -4.30. The van der Waals surface area contributed by atoms with E-state index in [4.69, 9.17) is 20.3 Å². The van der Waals surface area contributed by atoms with Crippen molar-refractivity contribution in [2.45, 2.75) is 6.92 Å². The van der Waals surface area contributed by atoms with E-state index >= 15 is 0 Å². The van der Waals surface area contributed by atoms with Gasteiger partial charge in [0.15, 0.2) is 11.5 Å². The van der Waals surface area contributed by atoms with E-state index in [1.54, 1.807) is 0 Å². The molecule has 1 aromatic carbocycles. The van der Waals surface area contributed by atoms with Crippen molar-refractivity contribution in [1.82, 2.24) is 4.98 Å². The average Bonchev–Trinajstić information content (AvgIpc) is 2.62. The van der Waals surface area contributed by atoms with Gasteiger partial charge in [-0.2, -0.15) is 0 Å². The molecule has 9 heteroatoms. The first-order valence-electron chi connectivity index (χ1n) is 4.80. The maximum atomic E-state index is 13.8. The minimum Gasteiger partial charge on any atom is -0.479 e. The number of thiazole rings is 1. The number of aryl methyl sites for hydroxylation is 1. The fraction of sp³-hybridized carbons (Fsp3) is 0.222. The molecule has 0 atom stereocenters. The van der Waals surface area contributed by atoms with Gasteiger partial charge in [-0.1, -0.05) is 11.3 Å². The molecule has 1 heterocycles. The van der Waals surface area contributed by atoms with E-state index in [9.17, 15) is 8.96 Å². The number of nitrogen functional groups attached to an aromatic ring is 1. The van der Waals surface area contributed by atoms with Crippen molar-refractivity contribution >= 4 is 34.3 Å².